The predicted octanol–water partition coefficient (Wildman–Crippen LogP) is 2.92. The molecule has 0 bridgehead atoms. The number of hydrogen-bond acceptors (Lipinski definition) is 4. The Hall–Kier alpha value is -1.36. The minimum atomic E-state index is -0.576. The minimum Gasteiger partial charge on any atom is -0.497 e. The Bertz CT molecular complexity index is 438. The molecule has 1 aliphatic rings. The Kier molecular flexibility index (Phi) is 4.81. The molecule has 2 rings (SSSR count). The van der Waals surface area contributed by atoms with Crippen molar-refractivity contribution in [2.24, 2.45) is 0 Å². The maximum Gasteiger partial charge on any atom is 0.164 e. The van der Waals surface area contributed by atoms with E-state index in [2.05, 4.69) is 6.58 Å². The summed E-state index contributed by atoms with van der Waals surface area (Å²) in [6.07, 6.45) is 1.53. The van der Waals surface area contributed by atoms with Gasteiger partial charge in [0.2, 0.25) is 0 Å². The highest BCUT2D eigenvalue weighted by molar-refractivity contribution is 5.26. The maximum atomic E-state index is 5.79. The highest BCUT2D eigenvalue weighted by Gasteiger charge is 2.39. The molecular formula is C16H22O4. The molecule has 1 fully saturated rings. The number of rotatable bonds is 6. The van der Waals surface area contributed by atoms with E-state index >= 15 is 0 Å². The smallest absolute Gasteiger partial charge is 0.164 e. The first-order valence-corrected chi connectivity index (χ1v) is 6.73. The molecule has 1 aliphatic heterocycles. The van der Waals surface area contributed by atoms with E-state index in [1.165, 1.54) is 0 Å². The maximum absolute atomic E-state index is 5.79. The van der Waals surface area contributed by atoms with Gasteiger partial charge in [-0.1, -0.05) is 18.2 Å². The molecular weight excluding hydrogens is 256 g/mol. The zero-order valence-corrected chi connectivity index (χ0v) is 12.3. The van der Waals surface area contributed by atoms with E-state index in [1.807, 2.05) is 38.1 Å². The van der Waals surface area contributed by atoms with Crippen molar-refractivity contribution in [1.29, 1.82) is 0 Å². The van der Waals surface area contributed by atoms with Gasteiger partial charge in [-0.05, 0) is 31.5 Å². The zero-order chi connectivity index (χ0) is 14.6. The van der Waals surface area contributed by atoms with Gasteiger partial charge < -0.3 is 18.9 Å². The molecule has 4 heteroatoms. The van der Waals surface area contributed by atoms with Gasteiger partial charge >= 0.3 is 0 Å². The molecule has 1 aromatic carbocycles. The van der Waals surface area contributed by atoms with Gasteiger partial charge in [0.25, 0.3) is 0 Å². The topological polar surface area (TPSA) is 36.9 Å². The summed E-state index contributed by atoms with van der Waals surface area (Å²) in [5, 5.41) is 0. The molecule has 0 N–H and O–H groups in total. The van der Waals surface area contributed by atoms with Crippen molar-refractivity contribution in [3.8, 4) is 5.75 Å². The van der Waals surface area contributed by atoms with E-state index < -0.39 is 5.79 Å². The molecule has 1 saturated heterocycles. The van der Waals surface area contributed by atoms with Crippen LogP contribution in [0.2, 0.25) is 0 Å². The van der Waals surface area contributed by atoms with Crippen LogP contribution < -0.4 is 4.74 Å². The normalized spacial score (nSPS) is 24.6. The second-order valence-electron chi connectivity index (χ2n) is 5.24. The van der Waals surface area contributed by atoms with Crippen LogP contribution in [-0.2, 0) is 20.8 Å². The van der Waals surface area contributed by atoms with Crippen molar-refractivity contribution >= 4 is 0 Å². The standard InChI is InChI=1S/C16H22O4/c1-5-14-15(20-16(2,3)19-14)11-18-10-12-6-8-13(17-4)9-7-12/h5-9,14-15H,1,10-11H2,2-4H3/t14-,15-/m1/s1. The molecule has 0 aliphatic carbocycles. The van der Waals surface area contributed by atoms with Gasteiger partial charge in [-0.15, -0.1) is 6.58 Å². The number of benzene rings is 1. The minimum absolute atomic E-state index is 0.110. The third kappa shape index (κ3) is 3.82. The molecule has 0 spiro atoms. The van der Waals surface area contributed by atoms with Gasteiger partial charge in [0.15, 0.2) is 5.79 Å². The van der Waals surface area contributed by atoms with E-state index in [-0.39, 0.29) is 12.2 Å². The Morgan fingerprint density at radius 1 is 1.25 bits per heavy atom. The lowest BCUT2D eigenvalue weighted by Crippen LogP contribution is -2.26. The van der Waals surface area contributed by atoms with E-state index in [9.17, 15) is 0 Å². The first-order chi connectivity index (χ1) is 9.54. The predicted molar refractivity (Wildman–Crippen MR) is 76.7 cm³/mol. The average Bonchev–Trinajstić information content (AvgIpc) is 2.74. The summed E-state index contributed by atoms with van der Waals surface area (Å²) in [6, 6.07) is 7.81. The molecule has 0 amide bonds. The molecule has 0 radical (unpaired) electrons. The van der Waals surface area contributed by atoms with Crippen molar-refractivity contribution in [1.82, 2.24) is 0 Å². The van der Waals surface area contributed by atoms with Gasteiger partial charge in [0.05, 0.1) is 20.3 Å². The summed E-state index contributed by atoms with van der Waals surface area (Å²) in [5.41, 5.74) is 1.10. The van der Waals surface area contributed by atoms with Crippen LogP contribution in [0.1, 0.15) is 19.4 Å². The molecule has 1 heterocycles. The fourth-order valence-corrected chi connectivity index (χ4v) is 2.21. The highest BCUT2D eigenvalue weighted by Crippen LogP contribution is 2.28. The van der Waals surface area contributed by atoms with E-state index in [4.69, 9.17) is 18.9 Å². The summed E-state index contributed by atoms with van der Waals surface area (Å²) in [4.78, 5) is 0. The summed E-state index contributed by atoms with van der Waals surface area (Å²) in [6.45, 7) is 8.58. The van der Waals surface area contributed by atoms with Crippen LogP contribution in [0.4, 0.5) is 0 Å². The molecule has 110 valence electrons. The van der Waals surface area contributed by atoms with Crippen LogP contribution in [0, 0.1) is 0 Å². The lowest BCUT2D eigenvalue weighted by atomic mass is 10.2. The van der Waals surface area contributed by atoms with Crippen LogP contribution in [0.15, 0.2) is 36.9 Å². The van der Waals surface area contributed by atoms with Gasteiger partial charge in [-0.2, -0.15) is 0 Å². The molecule has 0 saturated carbocycles. The van der Waals surface area contributed by atoms with Crippen LogP contribution >= 0.6 is 0 Å². The van der Waals surface area contributed by atoms with Crippen molar-refractivity contribution < 1.29 is 18.9 Å². The molecule has 4 nitrogen and oxygen atoms in total. The summed E-state index contributed by atoms with van der Waals surface area (Å²) in [5.74, 6) is 0.266. The summed E-state index contributed by atoms with van der Waals surface area (Å²) < 4.78 is 22.3. The van der Waals surface area contributed by atoms with E-state index in [0.29, 0.717) is 13.2 Å². The fourth-order valence-electron chi connectivity index (χ4n) is 2.21. The van der Waals surface area contributed by atoms with Crippen LogP contribution in [0.3, 0.4) is 0 Å². The zero-order valence-electron chi connectivity index (χ0n) is 12.3. The number of ether oxygens (including phenoxy) is 4. The Morgan fingerprint density at radius 3 is 2.55 bits per heavy atom. The number of methoxy groups -OCH3 is 1. The van der Waals surface area contributed by atoms with Gasteiger partial charge in [0.1, 0.15) is 18.0 Å². The second kappa shape index (κ2) is 6.39. The van der Waals surface area contributed by atoms with Gasteiger partial charge in [0, 0.05) is 0 Å². The van der Waals surface area contributed by atoms with E-state index in [0.717, 1.165) is 11.3 Å². The third-order valence-electron chi connectivity index (χ3n) is 3.16. The lowest BCUT2D eigenvalue weighted by Gasteiger charge is -2.16. The molecule has 2 atom stereocenters. The van der Waals surface area contributed by atoms with Crippen molar-refractivity contribution in [2.45, 2.75) is 38.4 Å². The van der Waals surface area contributed by atoms with Crippen LogP contribution in [-0.4, -0.2) is 31.7 Å². The molecule has 20 heavy (non-hydrogen) atoms. The molecule has 0 unspecified atom stereocenters. The second-order valence-corrected chi connectivity index (χ2v) is 5.24. The monoisotopic (exact) mass is 278 g/mol. The Balaban J connectivity index is 1.81. The molecule has 1 aromatic rings. The largest absolute Gasteiger partial charge is 0.497 e. The third-order valence-corrected chi connectivity index (χ3v) is 3.16. The summed E-state index contributed by atoms with van der Waals surface area (Å²) >= 11 is 0. The quantitative estimate of drug-likeness (QED) is 0.750. The Labute approximate surface area is 120 Å². The summed E-state index contributed by atoms with van der Waals surface area (Å²) in [7, 11) is 1.65. The van der Waals surface area contributed by atoms with Gasteiger partial charge in [-0.25, -0.2) is 0 Å². The van der Waals surface area contributed by atoms with Crippen LogP contribution in [0.25, 0.3) is 0 Å². The number of hydrogen-bond donors (Lipinski definition) is 0. The first kappa shape index (κ1) is 15.0. The van der Waals surface area contributed by atoms with E-state index in [1.54, 1.807) is 13.2 Å². The van der Waals surface area contributed by atoms with Crippen molar-refractivity contribution in [3.05, 3.63) is 42.5 Å². The first-order valence-electron chi connectivity index (χ1n) is 6.73. The van der Waals surface area contributed by atoms with Crippen LogP contribution in [0.5, 0.6) is 5.75 Å². The van der Waals surface area contributed by atoms with Crippen molar-refractivity contribution in [2.75, 3.05) is 13.7 Å². The SMILES string of the molecule is C=C[C@H]1OC(C)(C)O[C@@H]1COCc1ccc(OC)cc1. The average molecular weight is 278 g/mol. The Morgan fingerprint density at radius 2 is 1.95 bits per heavy atom. The molecule has 0 aromatic heterocycles. The van der Waals surface area contributed by atoms with Crippen molar-refractivity contribution in [3.63, 3.8) is 0 Å². The van der Waals surface area contributed by atoms with Gasteiger partial charge in [-0.3, -0.25) is 0 Å². The fraction of sp³-hybridized carbons (Fsp3) is 0.500. The highest BCUT2D eigenvalue weighted by atomic mass is 16.8. The lowest BCUT2D eigenvalue weighted by molar-refractivity contribution is -0.148.